The van der Waals surface area contributed by atoms with Gasteiger partial charge in [0.25, 0.3) is 0 Å². The summed E-state index contributed by atoms with van der Waals surface area (Å²) in [6.07, 6.45) is 0.995. The first-order valence-electron chi connectivity index (χ1n) is 12.3. The molecular weight excluding hydrogens is 432 g/mol. The van der Waals surface area contributed by atoms with Crippen LogP contribution in [0.5, 0.6) is 5.75 Å². The third-order valence-electron chi connectivity index (χ3n) is 6.64. The molecule has 4 nitrogen and oxygen atoms in total. The molecule has 0 spiro atoms. The Kier molecular flexibility index (Phi) is 7.89. The summed E-state index contributed by atoms with van der Waals surface area (Å²) in [5.41, 5.74) is 2.72. The number of fused-ring (bicyclic) bond motifs is 3. The Morgan fingerprint density at radius 2 is 1.76 bits per heavy atom. The van der Waals surface area contributed by atoms with Crippen LogP contribution in [-0.4, -0.2) is 66.0 Å². The second-order valence-corrected chi connectivity index (χ2v) is 10.2. The fraction of sp³-hybridized carbons (Fsp3) is 0.500. The number of para-hydroxylation sites is 2. The highest BCUT2D eigenvalue weighted by Gasteiger charge is 2.30. The molecule has 1 N–H and O–H groups in total. The number of halogens is 2. The first kappa shape index (κ1) is 24.7. The molecular formula is C28H37F2N3O. The molecule has 0 radical (unpaired) electrons. The third-order valence-corrected chi connectivity index (χ3v) is 6.64. The number of benzene rings is 2. The Balaban J connectivity index is 0.000000166. The number of likely N-dealkylation sites (tertiary alicyclic amines) is 1. The Morgan fingerprint density at radius 1 is 1.06 bits per heavy atom. The molecule has 5 rings (SSSR count). The van der Waals surface area contributed by atoms with Crippen LogP contribution in [0.15, 0.2) is 54.6 Å². The van der Waals surface area contributed by atoms with E-state index in [1.807, 2.05) is 30.3 Å². The van der Waals surface area contributed by atoms with Crippen molar-refractivity contribution in [2.75, 3.05) is 39.5 Å². The molecule has 0 saturated carbocycles. The van der Waals surface area contributed by atoms with Gasteiger partial charge in [0, 0.05) is 61.3 Å². The molecule has 3 heterocycles. The van der Waals surface area contributed by atoms with Crippen LogP contribution in [0.4, 0.5) is 8.78 Å². The molecule has 1 aromatic heterocycles. The van der Waals surface area contributed by atoms with Crippen LogP contribution in [0.1, 0.15) is 32.0 Å². The molecule has 1 fully saturated rings. The summed E-state index contributed by atoms with van der Waals surface area (Å²) in [5, 5.41) is 1.32. The lowest BCUT2D eigenvalue weighted by Gasteiger charge is -2.37. The van der Waals surface area contributed by atoms with Crippen molar-refractivity contribution in [2.45, 2.75) is 45.4 Å². The molecule has 0 aliphatic carbocycles. The zero-order valence-electron chi connectivity index (χ0n) is 20.6. The first-order chi connectivity index (χ1) is 16.3. The summed E-state index contributed by atoms with van der Waals surface area (Å²) < 4.78 is 31.6. The standard InChI is InChI=1S/C16H21FN2.C12H16FNO/c1-11-8-13-12-6-4-5-7-14(12)18-15(13)9-19(11)10-16(2,3)17;13-8-11-9-14(10-11)6-7-15-12-4-2-1-3-5-12/h4-7,11,18H,8-10H2,1-3H3;1-5,11H,6-10H2/t11-;/m1./s1. The summed E-state index contributed by atoms with van der Waals surface area (Å²) >= 11 is 0. The Bertz CT molecular complexity index is 1040. The minimum Gasteiger partial charge on any atom is -0.492 e. The highest BCUT2D eigenvalue weighted by Crippen LogP contribution is 2.31. The number of alkyl halides is 2. The topological polar surface area (TPSA) is 31.5 Å². The predicted molar refractivity (Wildman–Crippen MR) is 135 cm³/mol. The average molecular weight is 470 g/mol. The number of aromatic nitrogens is 1. The molecule has 0 unspecified atom stereocenters. The molecule has 2 aliphatic heterocycles. The monoisotopic (exact) mass is 469 g/mol. The number of rotatable bonds is 7. The zero-order chi connectivity index (χ0) is 24.1. The molecule has 2 aromatic carbocycles. The van der Waals surface area contributed by atoms with Crippen molar-refractivity contribution >= 4 is 10.9 Å². The Labute approximate surface area is 201 Å². The normalized spacial score (nSPS) is 19.3. The van der Waals surface area contributed by atoms with Gasteiger partial charge in [-0.25, -0.2) is 4.39 Å². The quantitative estimate of drug-likeness (QED) is 0.487. The number of aromatic amines is 1. The van der Waals surface area contributed by atoms with Crippen molar-refractivity contribution in [3.63, 3.8) is 0 Å². The van der Waals surface area contributed by atoms with E-state index in [0.717, 1.165) is 38.3 Å². The SMILES string of the molecule is C[C@@H]1Cc2c([nH]c3ccccc23)CN1CC(C)(C)F.FCC1CN(CCOc2ccccc2)C1. The van der Waals surface area contributed by atoms with Gasteiger partial charge in [-0.1, -0.05) is 36.4 Å². The second kappa shape index (κ2) is 10.9. The fourth-order valence-corrected chi connectivity index (χ4v) is 4.87. The van der Waals surface area contributed by atoms with Gasteiger partial charge in [-0.15, -0.1) is 0 Å². The van der Waals surface area contributed by atoms with Crippen LogP contribution < -0.4 is 4.74 Å². The smallest absolute Gasteiger partial charge is 0.119 e. The zero-order valence-corrected chi connectivity index (χ0v) is 20.6. The van der Waals surface area contributed by atoms with Crippen LogP contribution in [0.3, 0.4) is 0 Å². The largest absolute Gasteiger partial charge is 0.492 e. The Morgan fingerprint density at radius 3 is 2.47 bits per heavy atom. The van der Waals surface area contributed by atoms with Gasteiger partial charge >= 0.3 is 0 Å². The molecule has 3 aromatic rings. The number of nitrogens with one attached hydrogen (secondary N) is 1. The van der Waals surface area contributed by atoms with Crippen LogP contribution in [-0.2, 0) is 13.0 Å². The van der Waals surface area contributed by atoms with Crippen molar-refractivity contribution in [3.8, 4) is 5.75 Å². The van der Waals surface area contributed by atoms with E-state index in [1.54, 1.807) is 13.8 Å². The van der Waals surface area contributed by atoms with Gasteiger partial charge in [-0.3, -0.25) is 14.2 Å². The van der Waals surface area contributed by atoms with Crippen LogP contribution in [0, 0.1) is 5.92 Å². The molecule has 34 heavy (non-hydrogen) atoms. The van der Waals surface area contributed by atoms with E-state index in [1.165, 1.54) is 22.2 Å². The fourth-order valence-electron chi connectivity index (χ4n) is 4.87. The van der Waals surface area contributed by atoms with E-state index < -0.39 is 5.67 Å². The van der Waals surface area contributed by atoms with E-state index in [-0.39, 0.29) is 12.6 Å². The predicted octanol–water partition coefficient (Wildman–Crippen LogP) is 5.63. The maximum Gasteiger partial charge on any atom is 0.119 e. The lowest BCUT2D eigenvalue weighted by atomic mass is 9.96. The lowest BCUT2D eigenvalue weighted by Crippen LogP contribution is -2.49. The number of hydrogen-bond acceptors (Lipinski definition) is 3. The maximum atomic E-state index is 13.9. The van der Waals surface area contributed by atoms with Gasteiger partial charge in [-0.05, 0) is 51.0 Å². The van der Waals surface area contributed by atoms with E-state index in [2.05, 4.69) is 46.0 Å². The molecule has 1 saturated heterocycles. The molecule has 0 bridgehead atoms. The number of H-pyrrole nitrogens is 1. The maximum absolute atomic E-state index is 13.9. The number of nitrogens with zero attached hydrogens (tertiary/aromatic N) is 2. The number of hydrogen-bond donors (Lipinski definition) is 1. The van der Waals surface area contributed by atoms with Crippen molar-refractivity contribution in [1.29, 1.82) is 0 Å². The molecule has 2 aliphatic rings. The van der Waals surface area contributed by atoms with Crippen molar-refractivity contribution in [3.05, 3.63) is 65.9 Å². The first-order valence-corrected chi connectivity index (χ1v) is 12.3. The molecule has 184 valence electrons. The van der Waals surface area contributed by atoms with Gasteiger partial charge in [0.2, 0.25) is 0 Å². The van der Waals surface area contributed by atoms with E-state index >= 15 is 0 Å². The minimum atomic E-state index is -1.14. The Hall–Kier alpha value is -2.44. The summed E-state index contributed by atoms with van der Waals surface area (Å²) in [4.78, 5) is 7.94. The second-order valence-electron chi connectivity index (χ2n) is 10.2. The summed E-state index contributed by atoms with van der Waals surface area (Å²) in [5.74, 6) is 1.17. The van der Waals surface area contributed by atoms with Crippen LogP contribution >= 0.6 is 0 Å². The summed E-state index contributed by atoms with van der Waals surface area (Å²) in [6, 6.07) is 18.6. The van der Waals surface area contributed by atoms with Gasteiger partial charge < -0.3 is 9.72 Å². The molecule has 6 heteroatoms. The minimum absolute atomic E-state index is 0.184. The molecule has 1 atom stereocenters. The number of ether oxygens (including phenoxy) is 1. The van der Waals surface area contributed by atoms with Crippen LogP contribution in [0.2, 0.25) is 0 Å². The van der Waals surface area contributed by atoms with Gasteiger partial charge in [0.05, 0.1) is 6.67 Å². The average Bonchev–Trinajstić information content (AvgIpc) is 3.13. The van der Waals surface area contributed by atoms with Crippen molar-refractivity contribution in [1.82, 2.24) is 14.8 Å². The highest BCUT2D eigenvalue weighted by atomic mass is 19.1. The highest BCUT2D eigenvalue weighted by molar-refractivity contribution is 5.84. The van der Waals surface area contributed by atoms with Gasteiger partial charge in [0.15, 0.2) is 0 Å². The van der Waals surface area contributed by atoms with Gasteiger partial charge in [-0.2, -0.15) is 0 Å². The lowest BCUT2D eigenvalue weighted by molar-refractivity contribution is 0.0668. The summed E-state index contributed by atoms with van der Waals surface area (Å²) in [6.45, 7) is 9.96. The van der Waals surface area contributed by atoms with E-state index in [0.29, 0.717) is 19.2 Å². The van der Waals surface area contributed by atoms with Crippen molar-refractivity contribution in [2.24, 2.45) is 5.92 Å². The van der Waals surface area contributed by atoms with E-state index in [4.69, 9.17) is 4.74 Å². The van der Waals surface area contributed by atoms with Crippen molar-refractivity contribution < 1.29 is 13.5 Å². The van der Waals surface area contributed by atoms with Gasteiger partial charge in [0.1, 0.15) is 18.0 Å². The van der Waals surface area contributed by atoms with Crippen LogP contribution in [0.25, 0.3) is 10.9 Å². The third kappa shape index (κ3) is 6.36. The van der Waals surface area contributed by atoms with E-state index in [9.17, 15) is 8.78 Å². The molecule has 0 amide bonds. The summed E-state index contributed by atoms with van der Waals surface area (Å²) in [7, 11) is 0.